The van der Waals surface area contributed by atoms with Crippen LogP contribution in [0, 0.1) is 5.92 Å². The third-order valence-electron chi connectivity index (χ3n) is 4.62. The van der Waals surface area contributed by atoms with Gasteiger partial charge in [0.25, 0.3) is 0 Å². The number of nitrogens with zero attached hydrogens (tertiary/aromatic N) is 1. The Morgan fingerprint density at radius 3 is 2.63 bits per heavy atom. The van der Waals surface area contributed by atoms with Crippen LogP contribution in [0.5, 0.6) is 0 Å². The zero-order valence-electron chi connectivity index (χ0n) is 14.7. The quantitative estimate of drug-likeness (QED) is 0.719. The molecule has 6 nitrogen and oxygen atoms in total. The minimum atomic E-state index is -0.136. The number of hydrogen-bond acceptors (Lipinski definition) is 3. The van der Waals surface area contributed by atoms with Crippen molar-refractivity contribution in [1.29, 1.82) is 0 Å². The number of nitrogens with one attached hydrogen (secondary N) is 2. The Morgan fingerprint density at radius 1 is 1.19 bits per heavy atom. The van der Waals surface area contributed by atoms with Crippen molar-refractivity contribution >= 4 is 39.5 Å². The molecule has 0 spiro atoms. The van der Waals surface area contributed by atoms with Gasteiger partial charge in [0.1, 0.15) is 5.76 Å². The van der Waals surface area contributed by atoms with Gasteiger partial charge in [-0.1, -0.05) is 33.6 Å². The maximum Gasteiger partial charge on any atom is 0.317 e. The number of rotatable bonds is 5. The summed E-state index contributed by atoms with van der Waals surface area (Å²) in [7, 11) is 0. The van der Waals surface area contributed by atoms with Crippen LogP contribution in [0.3, 0.4) is 0 Å². The summed E-state index contributed by atoms with van der Waals surface area (Å²) in [5.74, 6) is 0.657. The lowest BCUT2D eigenvalue weighted by atomic mass is 9.96. The molecule has 27 heavy (non-hydrogen) atoms. The minimum Gasteiger partial charge on any atom is -0.467 e. The van der Waals surface area contributed by atoms with E-state index in [1.54, 1.807) is 23.3 Å². The Kier molecular flexibility index (Phi) is 6.79. The van der Waals surface area contributed by atoms with E-state index < -0.39 is 0 Å². The number of carbonyl (C=O) groups is 2. The third-order valence-corrected chi connectivity index (χ3v) is 5.46. The molecule has 1 saturated heterocycles. The molecule has 3 amide bonds. The van der Waals surface area contributed by atoms with Crippen molar-refractivity contribution in [2.45, 2.75) is 25.9 Å². The maximum atomic E-state index is 12.4. The second-order valence-electron chi connectivity index (χ2n) is 6.45. The van der Waals surface area contributed by atoms with Crippen LogP contribution in [0.15, 0.2) is 45.5 Å². The molecule has 0 atom stereocenters. The van der Waals surface area contributed by atoms with Crippen LogP contribution in [0.25, 0.3) is 0 Å². The van der Waals surface area contributed by atoms with Gasteiger partial charge in [-0.25, -0.2) is 4.79 Å². The van der Waals surface area contributed by atoms with Crippen LogP contribution in [0.4, 0.5) is 4.79 Å². The molecule has 3 rings (SSSR count). The van der Waals surface area contributed by atoms with Gasteiger partial charge in [-0.3, -0.25) is 4.79 Å². The van der Waals surface area contributed by atoms with Crippen LogP contribution in [0.2, 0.25) is 5.02 Å². The number of amides is 3. The molecule has 2 N–H and O–H groups in total. The fourth-order valence-electron chi connectivity index (χ4n) is 3.02. The molecule has 2 aromatic rings. The highest BCUT2D eigenvalue weighted by Gasteiger charge is 2.27. The highest BCUT2D eigenvalue weighted by atomic mass is 79.9. The lowest BCUT2D eigenvalue weighted by Crippen LogP contribution is -2.46. The Morgan fingerprint density at radius 2 is 1.96 bits per heavy atom. The molecule has 2 heterocycles. The van der Waals surface area contributed by atoms with Crippen molar-refractivity contribution in [2.75, 3.05) is 13.1 Å². The summed E-state index contributed by atoms with van der Waals surface area (Å²) < 4.78 is 6.11. The first kappa shape index (κ1) is 19.8. The maximum absolute atomic E-state index is 12.4. The Bertz CT molecular complexity index is 790. The number of carbonyl (C=O) groups excluding carboxylic acids is 2. The first-order chi connectivity index (χ1) is 13.0. The van der Waals surface area contributed by atoms with Crippen LogP contribution in [0.1, 0.15) is 24.2 Å². The van der Waals surface area contributed by atoms with Crippen LogP contribution in [-0.4, -0.2) is 29.9 Å². The molecule has 0 aliphatic carbocycles. The van der Waals surface area contributed by atoms with E-state index in [4.69, 9.17) is 16.0 Å². The van der Waals surface area contributed by atoms with E-state index in [9.17, 15) is 9.59 Å². The van der Waals surface area contributed by atoms with E-state index in [0.717, 1.165) is 15.8 Å². The van der Waals surface area contributed by atoms with Crippen molar-refractivity contribution in [1.82, 2.24) is 15.5 Å². The first-order valence-corrected chi connectivity index (χ1v) is 9.97. The zero-order chi connectivity index (χ0) is 19.2. The molecule has 0 radical (unpaired) electrons. The molecule has 1 aromatic carbocycles. The topological polar surface area (TPSA) is 74.6 Å². The smallest absolute Gasteiger partial charge is 0.317 e. The van der Waals surface area contributed by atoms with Gasteiger partial charge in [-0.2, -0.15) is 0 Å². The molecular weight excluding hydrogens is 434 g/mol. The molecule has 8 heteroatoms. The van der Waals surface area contributed by atoms with Gasteiger partial charge in [-0.15, -0.1) is 0 Å². The number of piperidine rings is 1. The van der Waals surface area contributed by atoms with Crippen molar-refractivity contribution in [3.05, 3.63) is 57.4 Å². The lowest BCUT2D eigenvalue weighted by Gasteiger charge is -2.31. The van der Waals surface area contributed by atoms with E-state index in [0.29, 0.717) is 44.0 Å². The Hall–Kier alpha value is -1.99. The summed E-state index contributed by atoms with van der Waals surface area (Å²) in [6.45, 7) is 1.87. The summed E-state index contributed by atoms with van der Waals surface area (Å²) in [5, 5.41) is 6.38. The van der Waals surface area contributed by atoms with Gasteiger partial charge in [0.2, 0.25) is 5.91 Å². The minimum absolute atomic E-state index is 0.00750. The van der Waals surface area contributed by atoms with Crippen LogP contribution >= 0.6 is 27.5 Å². The number of urea groups is 1. The van der Waals surface area contributed by atoms with Crippen molar-refractivity contribution < 1.29 is 14.0 Å². The average molecular weight is 455 g/mol. The molecule has 0 unspecified atom stereocenters. The molecule has 1 aliphatic rings. The number of likely N-dealkylation sites (tertiary alicyclic amines) is 1. The molecule has 0 bridgehead atoms. The van der Waals surface area contributed by atoms with Gasteiger partial charge in [0.05, 0.1) is 12.8 Å². The summed E-state index contributed by atoms with van der Waals surface area (Å²) in [4.78, 5) is 26.4. The third kappa shape index (κ3) is 5.49. The van der Waals surface area contributed by atoms with Crippen molar-refractivity contribution in [2.24, 2.45) is 5.92 Å². The molecule has 1 fully saturated rings. The fourth-order valence-corrected chi connectivity index (χ4v) is 3.76. The molecule has 1 aromatic heterocycles. The van der Waals surface area contributed by atoms with E-state index >= 15 is 0 Å². The summed E-state index contributed by atoms with van der Waals surface area (Å²) >= 11 is 9.53. The molecule has 1 aliphatic heterocycles. The van der Waals surface area contributed by atoms with Crippen molar-refractivity contribution in [3.8, 4) is 0 Å². The lowest BCUT2D eigenvalue weighted by molar-refractivity contribution is -0.126. The first-order valence-electron chi connectivity index (χ1n) is 8.79. The monoisotopic (exact) mass is 453 g/mol. The highest BCUT2D eigenvalue weighted by Crippen LogP contribution is 2.22. The molecule has 0 saturated carbocycles. The zero-order valence-corrected chi connectivity index (χ0v) is 17.1. The van der Waals surface area contributed by atoms with Crippen molar-refractivity contribution in [3.63, 3.8) is 0 Å². The van der Waals surface area contributed by atoms with E-state index in [1.807, 2.05) is 18.2 Å². The molecule has 144 valence electrons. The summed E-state index contributed by atoms with van der Waals surface area (Å²) in [5.41, 5.74) is 0.861. The molecular formula is C19H21BrClN3O3. The second kappa shape index (κ2) is 9.28. The number of benzene rings is 1. The average Bonchev–Trinajstić information content (AvgIpc) is 3.19. The summed E-state index contributed by atoms with van der Waals surface area (Å²) in [6.07, 6.45) is 2.88. The largest absolute Gasteiger partial charge is 0.467 e. The number of halogens is 2. The van der Waals surface area contributed by atoms with Gasteiger partial charge in [0, 0.05) is 35.0 Å². The fraction of sp³-hybridized carbons (Fsp3) is 0.368. The van der Waals surface area contributed by atoms with Gasteiger partial charge < -0.3 is 20.0 Å². The van der Waals surface area contributed by atoms with Gasteiger partial charge in [0.15, 0.2) is 0 Å². The van der Waals surface area contributed by atoms with E-state index in [2.05, 4.69) is 26.6 Å². The van der Waals surface area contributed by atoms with E-state index in [-0.39, 0.29) is 17.9 Å². The highest BCUT2D eigenvalue weighted by molar-refractivity contribution is 9.10. The predicted molar refractivity (Wildman–Crippen MR) is 106 cm³/mol. The van der Waals surface area contributed by atoms with Gasteiger partial charge in [-0.05, 0) is 42.7 Å². The van der Waals surface area contributed by atoms with Crippen LogP contribution < -0.4 is 10.6 Å². The number of furan rings is 1. The normalized spacial score (nSPS) is 14.8. The predicted octanol–water partition coefficient (Wildman–Crippen LogP) is 3.93. The Balaban J connectivity index is 1.41. The summed E-state index contributed by atoms with van der Waals surface area (Å²) in [6, 6.07) is 9.05. The van der Waals surface area contributed by atoms with Crippen LogP contribution in [-0.2, 0) is 17.9 Å². The SMILES string of the molecule is O=C(NCc1ccco1)C1CCN(C(=O)NCc2ccc(Br)cc2Cl)CC1. The second-order valence-corrected chi connectivity index (χ2v) is 7.78. The van der Waals surface area contributed by atoms with E-state index in [1.165, 1.54) is 0 Å². The standard InChI is InChI=1S/C19H21BrClN3O3/c20-15-4-3-14(17(21)10-15)11-23-19(26)24-7-5-13(6-8-24)18(25)22-12-16-2-1-9-27-16/h1-4,9-10,13H,5-8,11-12H2,(H,22,25)(H,23,26). The Labute approximate surface area is 171 Å². The van der Waals surface area contributed by atoms with Gasteiger partial charge >= 0.3 is 6.03 Å². The number of hydrogen-bond donors (Lipinski definition) is 2.